The standard InChI is InChI=1S/C15H23ClN2O3S/c1-21-11-15(13-3-5-14(16)6-4-13)17-9-12-7-8-18(10-12)22(2,19)20/h3-6,12,15,17H,7-11H2,1-2H3/t12-,15+/m1/s1. The summed E-state index contributed by atoms with van der Waals surface area (Å²) >= 11 is 5.92. The third-order valence-electron chi connectivity index (χ3n) is 3.98. The number of benzene rings is 1. The number of sulfonamides is 1. The SMILES string of the molecule is COC[C@H](NC[C@H]1CCN(S(C)(=O)=O)C1)c1ccc(Cl)cc1. The van der Waals surface area contributed by atoms with Gasteiger partial charge in [-0.25, -0.2) is 12.7 Å². The lowest BCUT2D eigenvalue weighted by Gasteiger charge is -2.21. The molecule has 0 unspecified atom stereocenters. The molecule has 0 bridgehead atoms. The highest BCUT2D eigenvalue weighted by atomic mass is 35.5. The van der Waals surface area contributed by atoms with Crippen molar-refractivity contribution < 1.29 is 13.2 Å². The lowest BCUT2D eigenvalue weighted by atomic mass is 10.1. The molecule has 0 radical (unpaired) electrons. The molecule has 5 nitrogen and oxygen atoms in total. The van der Waals surface area contributed by atoms with Gasteiger partial charge >= 0.3 is 0 Å². The Morgan fingerprint density at radius 2 is 2.09 bits per heavy atom. The van der Waals surface area contributed by atoms with E-state index in [0.29, 0.717) is 30.6 Å². The second-order valence-corrected chi connectivity index (χ2v) is 8.16. The first kappa shape index (κ1) is 17.7. The number of methoxy groups -OCH3 is 1. The van der Waals surface area contributed by atoms with Crippen molar-refractivity contribution >= 4 is 21.6 Å². The van der Waals surface area contributed by atoms with Gasteiger partial charge < -0.3 is 10.1 Å². The fraction of sp³-hybridized carbons (Fsp3) is 0.600. The van der Waals surface area contributed by atoms with Gasteiger partial charge in [0.05, 0.1) is 18.9 Å². The van der Waals surface area contributed by atoms with E-state index in [9.17, 15) is 8.42 Å². The summed E-state index contributed by atoms with van der Waals surface area (Å²) in [5.74, 6) is 0.335. The zero-order valence-corrected chi connectivity index (χ0v) is 14.5. The Bertz CT molecular complexity index is 577. The Labute approximate surface area is 137 Å². The van der Waals surface area contributed by atoms with E-state index in [2.05, 4.69) is 5.32 Å². The molecule has 1 aromatic rings. The van der Waals surface area contributed by atoms with Crippen molar-refractivity contribution in [2.75, 3.05) is 39.6 Å². The molecule has 2 atom stereocenters. The van der Waals surface area contributed by atoms with Gasteiger partial charge in [0, 0.05) is 25.2 Å². The van der Waals surface area contributed by atoms with Gasteiger partial charge in [-0.05, 0) is 36.6 Å². The van der Waals surface area contributed by atoms with E-state index in [4.69, 9.17) is 16.3 Å². The number of nitrogens with zero attached hydrogens (tertiary/aromatic N) is 1. The summed E-state index contributed by atoms with van der Waals surface area (Å²) in [7, 11) is -1.40. The fourth-order valence-corrected chi connectivity index (χ4v) is 3.75. The number of rotatable bonds is 7. The molecule has 1 saturated heterocycles. The maximum Gasteiger partial charge on any atom is 0.211 e. The molecule has 22 heavy (non-hydrogen) atoms. The highest BCUT2D eigenvalue weighted by molar-refractivity contribution is 7.88. The van der Waals surface area contributed by atoms with Gasteiger partial charge in [0.1, 0.15) is 0 Å². The van der Waals surface area contributed by atoms with Crippen molar-refractivity contribution in [2.45, 2.75) is 12.5 Å². The topological polar surface area (TPSA) is 58.6 Å². The van der Waals surface area contributed by atoms with Crippen LogP contribution in [-0.2, 0) is 14.8 Å². The van der Waals surface area contributed by atoms with Crippen LogP contribution >= 0.6 is 11.6 Å². The Morgan fingerprint density at radius 3 is 2.64 bits per heavy atom. The molecule has 1 aliphatic rings. The summed E-state index contributed by atoms with van der Waals surface area (Å²) in [6.45, 7) is 2.53. The molecule has 0 spiro atoms. The molecule has 1 N–H and O–H groups in total. The lowest BCUT2D eigenvalue weighted by Crippen LogP contribution is -2.33. The van der Waals surface area contributed by atoms with Gasteiger partial charge in [0.25, 0.3) is 0 Å². The maximum absolute atomic E-state index is 11.5. The van der Waals surface area contributed by atoms with Crippen molar-refractivity contribution in [3.63, 3.8) is 0 Å². The second kappa shape index (κ2) is 7.75. The number of hydrogen-bond donors (Lipinski definition) is 1. The number of halogens is 1. The summed E-state index contributed by atoms with van der Waals surface area (Å²) in [5.41, 5.74) is 1.12. The number of hydrogen-bond acceptors (Lipinski definition) is 4. The highest BCUT2D eigenvalue weighted by Crippen LogP contribution is 2.21. The average molecular weight is 347 g/mol. The van der Waals surface area contributed by atoms with Crippen LogP contribution in [-0.4, -0.2) is 52.3 Å². The van der Waals surface area contributed by atoms with Crippen molar-refractivity contribution in [1.29, 1.82) is 0 Å². The summed E-state index contributed by atoms with van der Waals surface area (Å²) in [6, 6.07) is 7.77. The van der Waals surface area contributed by atoms with Crippen molar-refractivity contribution in [1.82, 2.24) is 9.62 Å². The Hall–Kier alpha value is -0.660. The number of nitrogens with one attached hydrogen (secondary N) is 1. The Morgan fingerprint density at radius 1 is 1.41 bits per heavy atom. The molecule has 0 saturated carbocycles. The van der Waals surface area contributed by atoms with Crippen LogP contribution in [0.4, 0.5) is 0 Å². The molecular weight excluding hydrogens is 324 g/mol. The summed E-state index contributed by atoms with van der Waals surface area (Å²) in [5, 5.41) is 4.19. The fourth-order valence-electron chi connectivity index (χ4n) is 2.71. The smallest absolute Gasteiger partial charge is 0.211 e. The van der Waals surface area contributed by atoms with E-state index in [0.717, 1.165) is 18.5 Å². The molecule has 1 aromatic carbocycles. The molecule has 1 fully saturated rings. The van der Waals surface area contributed by atoms with Crippen LogP contribution in [0.15, 0.2) is 24.3 Å². The molecular formula is C15H23ClN2O3S. The largest absolute Gasteiger partial charge is 0.383 e. The van der Waals surface area contributed by atoms with Gasteiger partial charge in [-0.2, -0.15) is 0 Å². The normalized spacial score (nSPS) is 21.1. The van der Waals surface area contributed by atoms with Crippen LogP contribution in [0.1, 0.15) is 18.0 Å². The van der Waals surface area contributed by atoms with Gasteiger partial charge in [-0.1, -0.05) is 23.7 Å². The van der Waals surface area contributed by atoms with Crippen LogP contribution in [0, 0.1) is 5.92 Å². The van der Waals surface area contributed by atoms with E-state index in [1.807, 2.05) is 24.3 Å². The van der Waals surface area contributed by atoms with Crippen molar-refractivity contribution in [3.05, 3.63) is 34.9 Å². The summed E-state index contributed by atoms with van der Waals surface area (Å²) < 4.78 is 29.9. The van der Waals surface area contributed by atoms with Crippen LogP contribution in [0.5, 0.6) is 0 Å². The first-order chi connectivity index (χ1) is 10.4. The van der Waals surface area contributed by atoms with E-state index in [-0.39, 0.29) is 6.04 Å². The predicted molar refractivity (Wildman–Crippen MR) is 88.6 cm³/mol. The molecule has 0 aliphatic carbocycles. The minimum absolute atomic E-state index is 0.0783. The molecule has 0 amide bonds. The maximum atomic E-state index is 11.5. The zero-order chi connectivity index (χ0) is 16.2. The van der Waals surface area contributed by atoms with Crippen LogP contribution in [0.25, 0.3) is 0 Å². The van der Waals surface area contributed by atoms with E-state index in [1.54, 1.807) is 11.4 Å². The Kier molecular flexibility index (Phi) is 6.23. The monoisotopic (exact) mass is 346 g/mol. The van der Waals surface area contributed by atoms with E-state index in [1.165, 1.54) is 6.26 Å². The molecule has 7 heteroatoms. The van der Waals surface area contributed by atoms with Gasteiger partial charge in [0.2, 0.25) is 10.0 Å². The van der Waals surface area contributed by atoms with E-state index < -0.39 is 10.0 Å². The molecule has 124 valence electrons. The minimum Gasteiger partial charge on any atom is -0.383 e. The van der Waals surface area contributed by atoms with E-state index >= 15 is 0 Å². The molecule has 1 aliphatic heterocycles. The van der Waals surface area contributed by atoms with Crippen LogP contribution < -0.4 is 5.32 Å². The Balaban J connectivity index is 1.91. The first-order valence-electron chi connectivity index (χ1n) is 7.33. The van der Waals surface area contributed by atoms with Crippen LogP contribution in [0.3, 0.4) is 0 Å². The van der Waals surface area contributed by atoms with Gasteiger partial charge in [-0.3, -0.25) is 0 Å². The highest BCUT2D eigenvalue weighted by Gasteiger charge is 2.28. The second-order valence-electron chi connectivity index (χ2n) is 5.74. The third kappa shape index (κ3) is 4.93. The van der Waals surface area contributed by atoms with Gasteiger partial charge in [0.15, 0.2) is 0 Å². The first-order valence-corrected chi connectivity index (χ1v) is 9.55. The summed E-state index contributed by atoms with van der Waals surface area (Å²) in [4.78, 5) is 0. The van der Waals surface area contributed by atoms with Gasteiger partial charge in [-0.15, -0.1) is 0 Å². The minimum atomic E-state index is -3.07. The lowest BCUT2D eigenvalue weighted by molar-refractivity contribution is 0.164. The summed E-state index contributed by atoms with van der Waals surface area (Å²) in [6.07, 6.45) is 2.16. The molecule has 0 aromatic heterocycles. The third-order valence-corrected chi connectivity index (χ3v) is 5.50. The molecule has 1 heterocycles. The number of ether oxygens (including phenoxy) is 1. The van der Waals surface area contributed by atoms with Crippen molar-refractivity contribution in [3.8, 4) is 0 Å². The average Bonchev–Trinajstić information content (AvgIpc) is 2.93. The quantitative estimate of drug-likeness (QED) is 0.819. The van der Waals surface area contributed by atoms with Crippen LogP contribution in [0.2, 0.25) is 5.02 Å². The zero-order valence-electron chi connectivity index (χ0n) is 13.0. The predicted octanol–water partition coefficient (Wildman–Crippen LogP) is 1.90. The van der Waals surface area contributed by atoms with Crippen molar-refractivity contribution in [2.24, 2.45) is 5.92 Å². The molecule has 2 rings (SSSR count).